The van der Waals surface area contributed by atoms with Gasteiger partial charge in [0.15, 0.2) is 5.76 Å². The normalized spacial score (nSPS) is 16.5. The van der Waals surface area contributed by atoms with E-state index in [4.69, 9.17) is 4.52 Å². The lowest BCUT2D eigenvalue weighted by molar-refractivity contribution is 0.0762. The number of carbonyl (C=O) groups excluding carboxylic acids is 1. The highest BCUT2D eigenvalue weighted by molar-refractivity contribution is 7.89. The van der Waals surface area contributed by atoms with E-state index in [-0.39, 0.29) is 35.9 Å². The summed E-state index contributed by atoms with van der Waals surface area (Å²) in [7, 11) is -3.75. The van der Waals surface area contributed by atoms with Gasteiger partial charge in [0.1, 0.15) is 16.2 Å². The Morgan fingerprint density at radius 3 is 2.65 bits per heavy atom. The molecule has 1 N–H and O–H groups in total. The minimum absolute atomic E-state index is 0.0505. The van der Waals surface area contributed by atoms with Crippen LogP contribution in [-0.2, 0) is 10.0 Å². The number of pyridine rings is 1. The van der Waals surface area contributed by atoms with Gasteiger partial charge in [0, 0.05) is 32.4 Å². The average molecular weight is 380 g/mol. The zero-order valence-electron chi connectivity index (χ0n) is 14.6. The van der Waals surface area contributed by atoms with Crippen LogP contribution in [0, 0.1) is 13.8 Å². The Morgan fingerprint density at radius 1 is 1.23 bits per heavy atom. The molecule has 0 spiro atoms. The smallest absolute Gasteiger partial charge is 0.260 e. The Bertz CT molecular complexity index is 959. The standard InChI is InChI=1S/C16H20N4O5S/c1-11-14(12(2)25-18-11)26(23,24)20-8-4-7-19(9-10-20)16(22)13-5-3-6-17-15(13)21/h3,5-6H,4,7-10H2,1-2H3,(H,17,21). The summed E-state index contributed by atoms with van der Waals surface area (Å²) in [6, 6.07) is 3.05. The quantitative estimate of drug-likeness (QED) is 0.830. The summed E-state index contributed by atoms with van der Waals surface area (Å²) in [6.45, 7) is 4.14. The van der Waals surface area contributed by atoms with Crippen LogP contribution in [0.3, 0.4) is 0 Å². The molecule has 0 aliphatic carbocycles. The van der Waals surface area contributed by atoms with Gasteiger partial charge in [-0.3, -0.25) is 9.59 Å². The first-order chi connectivity index (χ1) is 12.3. The van der Waals surface area contributed by atoms with Crippen molar-refractivity contribution in [3.63, 3.8) is 0 Å². The van der Waals surface area contributed by atoms with Gasteiger partial charge in [-0.1, -0.05) is 5.16 Å². The summed E-state index contributed by atoms with van der Waals surface area (Å²) in [5.41, 5.74) is -0.0908. The van der Waals surface area contributed by atoms with Gasteiger partial charge in [0.25, 0.3) is 11.5 Å². The molecule has 0 bridgehead atoms. The number of nitrogens with one attached hydrogen (secondary N) is 1. The van der Waals surface area contributed by atoms with Crippen molar-refractivity contribution in [3.05, 3.63) is 45.7 Å². The summed E-state index contributed by atoms with van der Waals surface area (Å²) in [5, 5.41) is 3.71. The number of carbonyl (C=O) groups is 1. The van der Waals surface area contributed by atoms with Crippen LogP contribution in [0.15, 0.2) is 32.5 Å². The SMILES string of the molecule is Cc1noc(C)c1S(=O)(=O)N1CCCN(C(=O)c2ccc[nH]c2=O)CC1. The van der Waals surface area contributed by atoms with E-state index in [2.05, 4.69) is 10.1 Å². The molecule has 0 aromatic carbocycles. The zero-order valence-corrected chi connectivity index (χ0v) is 15.4. The third kappa shape index (κ3) is 3.29. The summed E-state index contributed by atoms with van der Waals surface area (Å²) >= 11 is 0. The van der Waals surface area contributed by atoms with Crippen LogP contribution in [0.4, 0.5) is 0 Å². The van der Waals surface area contributed by atoms with Crippen LogP contribution in [0.1, 0.15) is 28.2 Å². The van der Waals surface area contributed by atoms with Crippen LogP contribution in [0.25, 0.3) is 0 Å². The predicted octanol–water partition coefficient (Wildman–Crippen LogP) is 0.517. The largest absolute Gasteiger partial charge is 0.360 e. The topological polar surface area (TPSA) is 117 Å². The maximum Gasteiger partial charge on any atom is 0.260 e. The Kier molecular flexibility index (Phi) is 4.97. The van der Waals surface area contributed by atoms with Gasteiger partial charge in [-0.15, -0.1) is 0 Å². The summed E-state index contributed by atoms with van der Waals surface area (Å²) in [4.78, 5) is 28.5. The van der Waals surface area contributed by atoms with Gasteiger partial charge < -0.3 is 14.4 Å². The number of aromatic nitrogens is 2. The molecule has 0 saturated carbocycles. The first-order valence-corrected chi connectivity index (χ1v) is 9.66. The molecule has 26 heavy (non-hydrogen) atoms. The van der Waals surface area contributed by atoms with Crippen molar-refractivity contribution in [1.29, 1.82) is 0 Å². The molecule has 140 valence electrons. The van der Waals surface area contributed by atoms with E-state index in [1.165, 1.54) is 21.5 Å². The number of sulfonamides is 1. The van der Waals surface area contributed by atoms with Crippen molar-refractivity contribution in [2.24, 2.45) is 0 Å². The first kappa shape index (κ1) is 18.3. The van der Waals surface area contributed by atoms with Crippen LogP contribution in [0.5, 0.6) is 0 Å². The molecule has 2 aromatic rings. The fourth-order valence-corrected chi connectivity index (χ4v) is 4.83. The average Bonchev–Trinajstić information content (AvgIpc) is 2.81. The Labute approximate surface area is 150 Å². The Balaban J connectivity index is 1.80. The number of nitrogens with zero attached hydrogens (tertiary/aromatic N) is 3. The lowest BCUT2D eigenvalue weighted by Crippen LogP contribution is -2.39. The van der Waals surface area contributed by atoms with E-state index < -0.39 is 21.5 Å². The Hall–Kier alpha value is -2.46. The number of rotatable bonds is 3. The maximum absolute atomic E-state index is 12.9. The Morgan fingerprint density at radius 2 is 2.00 bits per heavy atom. The van der Waals surface area contributed by atoms with Crippen LogP contribution < -0.4 is 5.56 Å². The molecule has 1 amide bonds. The lowest BCUT2D eigenvalue weighted by atomic mass is 10.2. The van der Waals surface area contributed by atoms with Gasteiger partial charge in [-0.25, -0.2) is 8.42 Å². The van der Waals surface area contributed by atoms with E-state index >= 15 is 0 Å². The molecule has 1 aliphatic heterocycles. The fraction of sp³-hybridized carbons (Fsp3) is 0.438. The molecule has 1 saturated heterocycles. The molecule has 3 rings (SSSR count). The van der Waals surface area contributed by atoms with Gasteiger partial charge in [0.05, 0.1) is 0 Å². The predicted molar refractivity (Wildman–Crippen MR) is 92.3 cm³/mol. The second-order valence-corrected chi connectivity index (χ2v) is 7.99. The third-order valence-electron chi connectivity index (χ3n) is 4.36. The number of hydrogen-bond acceptors (Lipinski definition) is 6. The molecule has 0 unspecified atom stereocenters. The number of aromatic amines is 1. The number of aryl methyl sites for hydroxylation is 2. The molecule has 0 atom stereocenters. The van der Waals surface area contributed by atoms with E-state index in [9.17, 15) is 18.0 Å². The highest BCUT2D eigenvalue weighted by Gasteiger charge is 2.33. The second-order valence-electron chi connectivity index (χ2n) is 6.12. The fourth-order valence-electron chi connectivity index (χ4n) is 3.07. The van der Waals surface area contributed by atoms with Crippen LogP contribution in [0.2, 0.25) is 0 Å². The van der Waals surface area contributed by atoms with Gasteiger partial charge in [-0.05, 0) is 32.4 Å². The molecule has 10 heteroatoms. The minimum atomic E-state index is -3.75. The van der Waals surface area contributed by atoms with Crippen molar-refractivity contribution >= 4 is 15.9 Å². The third-order valence-corrected chi connectivity index (χ3v) is 6.50. The minimum Gasteiger partial charge on any atom is -0.360 e. The second kappa shape index (κ2) is 7.04. The van der Waals surface area contributed by atoms with E-state index in [1.807, 2.05) is 0 Å². The van der Waals surface area contributed by atoms with Gasteiger partial charge in [0.2, 0.25) is 10.0 Å². The molecule has 1 fully saturated rings. The molecular weight excluding hydrogens is 360 g/mol. The maximum atomic E-state index is 12.9. The van der Waals surface area contributed by atoms with Gasteiger partial charge >= 0.3 is 0 Å². The van der Waals surface area contributed by atoms with Crippen LogP contribution >= 0.6 is 0 Å². The van der Waals surface area contributed by atoms with E-state index in [1.54, 1.807) is 19.9 Å². The summed E-state index contributed by atoms with van der Waals surface area (Å²) in [6.07, 6.45) is 1.93. The zero-order chi connectivity index (χ0) is 18.9. The van der Waals surface area contributed by atoms with Crippen molar-refractivity contribution in [2.45, 2.75) is 25.2 Å². The molecule has 2 aromatic heterocycles. The van der Waals surface area contributed by atoms with Crippen molar-refractivity contribution in [3.8, 4) is 0 Å². The number of H-pyrrole nitrogens is 1. The number of amides is 1. The molecule has 3 heterocycles. The van der Waals surface area contributed by atoms with E-state index in [0.29, 0.717) is 18.7 Å². The highest BCUT2D eigenvalue weighted by Crippen LogP contribution is 2.24. The molecule has 9 nitrogen and oxygen atoms in total. The van der Waals surface area contributed by atoms with Crippen LogP contribution in [-0.4, -0.2) is 59.8 Å². The number of hydrogen-bond donors (Lipinski definition) is 1. The van der Waals surface area contributed by atoms with E-state index in [0.717, 1.165) is 0 Å². The van der Waals surface area contributed by atoms with Crippen molar-refractivity contribution in [2.75, 3.05) is 26.2 Å². The first-order valence-electron chi connectivity index (χ1n) is 8.22. The summed E-state index contributed by atoms with van der Waals surface area (Å²) < 4.78 is 32.1. The summed E-state index contributed by atoms with van der Waals surface area (Å²) in [5.74, 6) is -0.154. The molecule has 0 radical (unpaired) electrons. The van der Waals surface area contributed by atoms with Crippen molar-refractivity contribution < 1.29 is 17.7 Å². The lowest BCUT2D eigenvalue weighted by Gasteiger charge is -2.21. The van der Waals surface area contributed by atoms with Gasteiger partial charge in [-0.2, -0.15) is 4.31 Å². The highest BCUT2D eigenvalue weighted by atomic mass is 32.2. The molecular formula is C16H20N4O5S. The van der Waals surface area contributed by atoms with Crippen molar-refractivity contribution in [1.82, 2.24) is 19.3 Å². The molecule has 1 aliphatic rings. The monoisotopic (exact) mass is 380 g/mol.